The summed E-state index contributed by atoms with van der Waals surface area (Å²) in [6, 6.07) is 0. The Morgan fingerprint density at radius 1 is 1.24 bits per heavy atom. The van der Waals surface area contributed by atoms with Crippen molar-refractivity contribution in [1.29, 1.82) is 0 Å². The first-order chi connectivity index (χ1) is 8.24. The van der Waals surface area contributed by atoms with Crippen LogP contribution in [0.4, 0.5) is 0 Å². The lowest BCUT2D eigenvalue weighted by atomic mass is 10.1. The normalized spacial score (nSPS) is 18.5. The molecule has 1 aliphatic heterocycles. The molecule has 1 heterocycles. The number of likely N-dealkylation sites (tertiary alicyclic amines) is 1. The second-order valence-corrected chi connectivity index (χ2v) is 6.34. The number of alkyl halides is 1. The van der Waals surface area contributed by atoms with Gasteiger partial charge in [-0.25, -0.2) is 0 Å². The zero-order chi connectivity index (χ0) is 12.5. The molecule has 1 rings (SSSR count). The largest absolute Gasteiger partial charge is 0.343 e. The van der Waals surface area contributed by atoms with Gasteiger partial charge in [0.1, 0.15) is 0 Å². The molecule has 100 valence electrons. The Morgan fingerprint density at radius 2 is 2.00 bits per heavy atom. The summed E-state index contributed by atoms with van der Waals surface area (Å²) < 4.78 is 0. The molecule has 1 aliphatic rings. The van der Waals surface area contributed by atoms with Crippen molar-refractivity contribution in [3.63, 3.8) is 0 Å². The topological polar surface area (TPSA) is 20.3 Å². The van der Waals surface area contributed by atoms with E-state index in [1.54, 1.807) is 0 Å². The van der Waals surface area contributed by atoms with Crippen LogP contribution >= 0.6 is 15.9 Å². The van der Waals surface area contributed by atoms with E-state index in [4.69, 9.17) is 0 Å². The van der Waals surface area contributed by atoms with Crippen LogP contribution in [0.15, 0.2) is 0 Å². The van der Waals surface area contributed by atoms with Gasteiger partial charge < -0.3 is 4.90 Å². The van der Waals surface area contributed by atoms with E-state index in [0.29, 0.717) is 10.7 Å². The summed E-state index contributed by atoms with van der Waals surface area (Å²) in [6.45, 7) is 4.21. The summed E-state index contributed by atoms with van der Waals surface area (Å²) in [4.78, 5) is 14.3. The first-order valence-corrected chi connectivity index (χ1v) is 8.07. The van der Waals surface area contributed by atoms with Crippen LogP contribution in [0, 0.1) is 0 Å². The van der Waals surface area contributed by atoms with Crippen molar-refractivity contribution in [2.45, 2.75) is 69.5 Å². The molecule has 0 aliphatic carbocycles. The van der Waals surface area contributed by atoms with Crippen molar-refractivity contribution < 1.29 is 4.79 Å². The number of carbonyl (C=O) groups is 1. The van der Waals surface area contributed by atoms with Gasteiger partial charge in [0.25, 0.3) is 0 Å². The Bertz CT molecular complexity index is 220. The van der Waals surface area contributed by atoms with Crippen LogP contribution in [0.3, 0.4) is 0 Å². The maximum Gasteiger partial charge on any atom is 0.222 e. The monoisotopic (exact) mass is 303 g/mol. The third-order valence-electron chi connectivity index (χ3n) is 3.56. The molecule has 0 radical (unpaired) electrons. The number of amides is 1. The second kappa shape index (κ2) is 8.96. The molecule has 3 heteroatoms. The van der Waals surface area contributed by atoms with E-state index >= 15 is 0 Å². The van der Waals surface area contributed by atoms with Crippen molar-refractivity contribution in [3.8, 4) is 0 Å². The molecule has 1 saturated heterocycles. The summed E-state index contributed by atoms with van der Waals surface area (Å²) in [5.41, 5.74) is 0. The summed E-state index contributed by atoms with van der Waals surface area (Å²) in [7, 11) is 0. The first-order valence-electron chi connectivity index (χ1n) is 7.16. The number of unbranched alkanes of at least 4 members (excludes halogenated alkanes) is 3. The van der Waals surface area contributed by atoms with E-state index in [1.165, 1.54) is 44.9 Å². The number of halogens is 1. The Labute approximate surface area is 114 Å². The molecule has 17 heavy (non-hydrogen) atoms. The van der Waals surface area contributed by atoms with Gasteiger partial charge in [0.2, 0.25) is 5.91 Å². The zero-order valence-electron chi connectivity index (χ0n) is 11.1. The van der Waals surface area contributed by atoms with Gasteiger partial charge in [-0.3, -0.25) is 4.79 Å². The number of nitrogens with zero attached hydrogens (tertiary/aromatic N) is 1. The smallest absolute Gasteiger partial charge is 0.222 e. The van der Waals surface area contributed by atoms with Crippen LogP contribution in [0.2, 0.25) is 0 Å². The quantitative estimate of drug-likeness (QED) is 0.488. The molecule has 2 nitrogen and oxygen atoms in total. The summed E-state index contributed by atoms with van der Waals surface area (Å²) in [6.07, 6.45) is 10.7. The van der Waals surface area contributed by atoms with E-state index in [1.807, 2.05) is 0 Å². The van der Waals surface area contributed by atoms with Crippen LogP contribution in [0.1, 0.15) is 64.7 Å². The Kier molecular flexibility index (Phi) is 7.91. The summed E-state index contributed by atoms with van der Waals surface area (Å²) >= 11 is 3.66. The molecule has 1 atom stereocenters. The number of hydrogen-bond acceptors (Lipinski definition) is 1. The van der Waals surface area contributed by atoms with Gasteiger partial charge in [0.15, 0.2) is 0 Å². The fourth-order valence-corrected chi connectivity index (χ4v) is 2.65. The van der Waals surface area contributed by atoms with Gasteiger partial charge in [-0.1, -0.05) is 42.1 Å². The third-order valence-corrected chi connectivity index (χ3v) is 4.67. The molecule has 1 unspecified atom stereocenters. The fraction of sp³-hybridized carbons (Fsp3) is 0.929. The van der Waals surface area contributed by atoms with E-state index in [2.05, 4.69) is 27.8 Å². The molecule has 0 N–H and O–H groups in total. The highest BCUT2D eigenvalue weighted by atomic mass is 79.9. The average Bonchev–Trinajstić information content (AvgIpc) is 2.35. The van der Waals surface area contributed by atoms with Crippen molar-refractivity contribution in [1.82, 2.24) is 4.90 Å². The number of hydrogen-bond donors (Lipinski definition) is 0. The predicted molar refractivity (Wildman–Crippen MR) is 76.5 cm³/mol. The van der Waals surface area contributed by atoms with E-state index in [0.717, 1.165) is 25.9 Å². The lowest BCUT2D eigenvalue weighted by molar-refractivity contribution is -0.133. The van der Waals surface area contributed by atoms with Crippen LogP contribution < -0.4 is 0 Å². The van der Waals surface area contributed by atoms with Crippen LogP contribution in [-0.4, -0.2) is 28.7 Å². The summed E-state index contributed by atoms with van der Waals surface area (Å²) in [5.74, 6) is 0.378. The van der Waals surface area contributed by atoms with Crippen molar-refractivity contribution in [3.05, 3.63) is 0 Å². The van der Waals surface area contributed by atoms with Gasteiger partial charge in [0.05, 0.1) is 0 Å². The Hall–Kier alpha value is -0.0500. The molecule has 0 aromatic heterocycles. The van der Waals surface area contributed by atoms with Crippen LogP contribution in [-0.2, 0) is 4.79 Å². The van der Waals surface area contributed by atoms with Crippen LogP contribution in [0.25, 0.3) is 0 Å². The van der Waals surface area contributed by atoms with E-state index < -0.39 is 0 Å². The highest BCUT2D eigenvalue weighted by molar-refractivity contribution is 9.09. The lowest BCUT2D eigenvalue weighted by Crippen LogP contribution is -2.35. The Morgan fingerprint density at radius 3 is 2.71 bits per heavy atom. The Balaban J connectivity index is 1.95. The van der Waals surface area contributed by atoms with E-state index in [-0.39, 0.29) is 0 Å². The minimum atomic E-state index is 0.378. The lowest BCUT2D eigenvalue weighted by Gasteiger charge is -2.26. The molecule has 0 aromatic carbocycles. The molecular formula is C14H26BrNO. The second-order valence-electron chi connectivity index (χ2n) is 5.05. The van der Waals surface area contributed by atoms with Crippen molar-refractivity contribution in [2.75, 3.05) is 13.1 Å². The minimum Gasteiger partial charge on any atom is -0.343 e. The highest BCUT2D eigenvalue weighted by Gasteiger charge is 2.16. The zero-order valence-corrected chi connectivity index (χ0v) is 12.7. The predicted octanol–water partition coefficient (Wildman–Crippen LogP) is 4.12. The fourth-order valence-electron chi connectivity index (χ4n) is 2.32. The SMILES string of the molecule is CCC(Br)CCCCCCN1CCCCC1=O. The van der Waals surface area contributed by atoms with Crippen molar-refractivity contribution in [2.24, 2.45) is 0 Å². The van der Waals surface area contributed by atoms with Gasteiger partial charge in [0, 0.05) is 24.3 Å². The highest BCUT2D eigenvalue weighted by Crippen LogP contribution is 2.15. The molecular weight excluding hydrogens is 278 g/mol. The molecule has 0 saturated carbocycles. The molecule has 1 fully saturated rings. The maximum absolute atomic E-state index is 11.6. The number of piperidine rings is 1. The average molecular weight is 304 g/mol. The number of rotatable bonds is 8. The number of carbonyl (C=O) groups excluding carboxylic acids is 1. The van der Waals surface area contributed by atoms with Gasteiger partial charge in [-0.2, -0.15) is 0 Å². The van der Waals surface area contributed by atoms with E-state index in [9.17, 15) is 4.79 Å². The van der Waals surface area contributed by atoms with Gasteiger partial charge >= 0.3 is 0 Å². The molecule has 0 spiro atoms. The minimum absolute atomic E-state index is 0.378. The molecule has 0 aromatic rings. The molecule has 1 amide bonds. The van der Waals surface area contributed by atoms with Gasteiger partial charge in [-0.05, 0) is 32.1 Å². The van der Waals surface area contributed by atoms with Gasteiger partial charge in [-0.15, -0.1) is 0 Å². The maximum atomic E-state index is 11.6. The summed E-state index contributed by atoms with van der Waals surface area (Å²) in [5, 5.41) is 0. The third kappa shape index (κ3) is 6.44. The molecule has 0 bridgehead atoms. The van der Waals surface area contributed by atoms with Crippen molar-refractivity contribution >= 4 is 21.8 Å². The first kappa shape index (κ1) is 15.0. The van der Waals surface area contributed by atoms with Crippen LogP contribution in [0.5, 0.6) is 0 Å². The standard InChI is InChI=1S/C14H26BrNO/c1-2-13(15)9-5-3-4-7-11-16-12-8-6-10-14(16)17/h13H,2-12H2,1H3.